The highest BCUT2D eigenvalue weighted by Crippen LogP contribution is 2.33. The highest BCUT2D eigenvalue weighted by Gasteiger charge is 2.17. The van der Waals surface area contributed by atoms with Crippen molar-refractivity contribution in [2.75, 3.05) is 24.5 Å². The highest BCUT2D eigenvalue weighted by molar-refractivity contribution is 6.21. The third-order valence-electron chi connectivity index (χ3n) is 7.02. The molecule has 1 fully saturated rings. The molecule has 4 heteroatoms. The summed E-state index contributed by atoms with van der Waals surface area (Å²) in [6, 6.07) is 13.5. The predicted molar refractivity (Wildman–Crippen MR) is 158 cm³/mol. The van der Waals surface area contributed by atoms with Gasteiger partial charge in [-0.1, -0.05) is 45.2 Å². The minimum absolute atomic E-state index is 0.716. The molecule has 1 heterocycles. The zero-order valence-corrected chi connectivity index (χ0v) is 22.6. The summed E-state index contributed by atoms with van der Waals surface area (Å²) >= 11 is 0. The average molecular weight is 483 g/mol. The van der Waals surface area contributed by atoms with E-state index >= 15 is 0 Å². The predicted octanol–water partition coefficient (Wildman–Crippen LogP) is 8.11. The lowest BCUT2D eigenvalue weighted by Crippen LogP contribution is -2.25. The maximum absolute atomic E-state index is 7.73. The van der Waals surface area contributed by atoms with Crippen molar-refractivity contribution >= 4 is 29.0 Å². The fraction of sp³-hybridized carbons (Fsp3) is 0.375. The molecular weight excluding hydrogens is 440 g/mol. The summed E-state index contributed by atoms with van der Waals surface area (Å²) in [6.07, 6.45) is 10.4. The number of rotatable bonds is 12. The van der Waals surface area contributed by atoms with Gasteiger partial charge in [0.2, 0.25) is 0 Å². The lowest BCUT2D eigenvalue weighted by molar-refractivity contribution is 0.389. The van der Waals surface area contributed by atoms with Crippen LogP contribution in [0.25, 0.3) is 0 Å². The molecule has 0 unspecified atom stereocenters. The standard InChI is InChI=1S/C32H42N4/c1-7-26-19-27(8-2)21-30(20-26)36(18-12-17-35-16-11-13-25(35)6)29-15-14-24(5)32(22-29)34-31(10-4)28(9-3)23-33/h9-10,14-15,19-23,33H,4,6-8,11-13,16-18H2,1-3,5H3/b28-9+,33-23?,34-31?. The van der Waals surface area contributed by atoms with Crippen LogP contribution < -0.4 is 4.90 Å². The molecule has 0 aliphatic carbocycles. The smallest absolute Gasteiger partial charge is 0.0715 e. The van der Waals surface area contributed by atoms with Crippen molar-refractivity contribution in [3.8, 4) is 0 Å². The van der Waals surface area contributed by atoms with E-state index in [2.05, 4.69) is 80.1 Å². The number of allylic oxidation sites excluding steroid dienone is 4. The SMILES string of the molecule is C=CC(=Nc1cc(N(CCCN2CCCC2=C)c2cc(CC)cc(CC)c2)ccc1C)/C(C=N)=C/C. The summed E-state index contributed by atoms with van der Waals surface area (Å²) < 4.78 is 0. The van der Waals surface area contributed by atoms with Crippen molar-refractivity contribution in [2.45, 2.75) is 59.8 Å². The van der Waals surface area contributed by atoms with Gasteiger partial charge >= 0.3 is 0 Å². The highest BCUT2D eigenvalue weighted by atomic mass is 15.2. The molecular formula is C32H42N4. The topological polar surface area (TPSA) is 42.7 Å². The molecule has 0 aromatic heterocycles. The number of aliphatic imine (C=N–C) groups is 1. The number of hydrogen-bond acceptors (Lipinski definition) is 4. The molecule has 36 heavy (non-hydrogen) atoms. The van der Waals surface area contributed by atoms with Crippen LogP contribution in [0.3, 0.4) is 0 Å². The van der Waals surface area contributed by atoms with E-state index in [9.17, 15) is 0 Å². The van der Waals surface area contributed by atoms with Crippen LogP contribution in [-0.2, 0) is 12.8 Å². The Morgan fingerprint density at radius 1 is 1.11 bits per heavy atom. The Labute approximate surface area is 218 Å². The molecule has 4 nitrogen and oxygen atoms in total. The Kier molecular flexibility index (Phi) is 9.86. The summed E-state index contributed by atoms with van der Waals surface area (Å²) in [5, 5.41) is 7.73. The van der Waals surface area contributed by atoms with Gasteiger partial charge in [-0.2, -0.15) is 0 Å². The third-order valence-corrected chi connectivity index (χ3v) is 7.02. The summed E-state index contributed by atoms with van der Waals surface area (Å²) in [7, 11) is 0. The van der Waals surface area contributed by atoms with Crippen LogP contribution in [0.2, 0.25) is 0 Å². The second kappa shape index (κ2) is 13.1. The zero-order chi connectivity index (χ0) is 26.1. The molecule has 3 rings (SSSR count). The van der Waals surface area contributed by atoms with E-state index in [0.717, 1.165) is 67.8 Å². The lowest BCUT2D eigenvalue weighted by Gasteiger charge is -2.28. The van der Waals surface area contributed by atoms with E-state index in [1.165, 1.54) is 35.1 Å². The largest absolute Gasteiger partial charge is 0.375 e. The van der Waals surface area contributed by atoms with E-state index in [1.807, 2.05) is 13.0 Å². The fourth-order valence-electron chi connectivity index (χ4n) is 4.74. The number of nitrogens with zero attached hydrogens (tertiary/aromatic N) is 3. The Balaban J connectivity index is 2.02. The van der Waals surface area contributed by atoms with Crippen molar-refractivity contribution in [3.05, 3.63) is 89.7 Å². The molecule has 1 N–H and O–H groups in total. The number of hydrogen-bond donors (Lipinski definition) is 1. The van der Waals surface area contributed by atoms with Crippen LogP contribution in [0.5, 0.6) is 0 Å². The van der Waals surface area contributed by atoms with Gasteiger partial charge < -0.3 is 15.2 Å². The van der Waals surface area contributed by atoms with E-state index in [0.29, 0.717) is 5.71 Å². The van der Waals surface area contributed by atoms with Crippen molar-refractivity contribution < 1.29 is 0 Å². The van der Waals surface area contributed by atoms with Gasteiger partial charge in [0.25, 0.3) is 0 Å². The molecule has 0 radical (unpaired) electrons. The van der Waals surface area contributed by atoms with Crippen molar-refractivity contribution in [2.24, 2.45) is 4.99 Å². The third kappa shape index (κ3) is 6.63. The van der Waals surface area contributed by atoms with Gasteiger partial charge in [-0.05, 0) is 93.0 Å². The van der Waals surface area contributed by atoms with Crippen LogP contribution >= 0.6 is 0 Å². The Hall–Kier alpha value is -3.40. The van der Waals surface area contributed by atoms with Gasteiger partial charge in [-0.25, -0.2) is 4.99 Å². The van der Waals surface area contributed by atoms with Crippen LogP contribution in [0.4, 0.5) is 17.1 Å². The molecule has 0 amide bonds. The summed E-state index contributed by atoms with van der Waals surface area (Å²) in [4.78, 5) is 9.79. The molecule has 1 saturated heterocycles. The average Bonchev–Trinajstić information content (AvgIpc) is 3.31. The molecule has 0 bridgehead atoms. The maximum atomic E-state index is 7.73. The number of aryl methyl sites for hydroxylation is 3. The molecule has 0 spiro atoms. The second-order valence-electron chi connectivity index (χ2n) is 9.44. The van der Waals surface area contributed by atoms with Crippen molar-refractivity contribution in [3.63, 3.8) is 0 Å². The summed E-state index contributed by atoms with van der Waals surface area (Å²) in [5.74, 6) is 0. The normalized spacial score (nSPS) is 14.3. The van der Waals surface area contributed by atoms with E-state index in [1.54, 1.807) is 6.08 Å². The second-order valence-corrected chi connectivity index (χ2v) is 9.44. The molecule has 0 atom stereocenters. The van der Waals surface area contributed by atoms with E-state index in [4.69, 9.17) is 10.4 Å². The van der Waals surface area contributed by atoms with Gasteiger partial charge in [0.15, 0.2) is 0 Å². The molecule has 190 valence electrons. The number of nitrogens with one attached hydrogen (secondary N) is 1. The van der Waals surface area contributed by atoms with Crippen LogP contribution in [0.15, 0.2) is 78.0 Å². The monoisotopic (exact) mass is 482 g/mol. The quantitative estimate of drug-likeness (QED) is 0.310. The van der Waals surface area contributed by atoms with Gasteiger partial charge in [0, 0.05) is 48.5 Å². The van der Waals surface area contributed by atoms with Gasteiger partial charge in [0.05, 0.1) is 11.4 Å². The first-order valence-corrected chi connectivity index (χ1v) is 13.3. The lowest BCUT2D eigenvalue weighted by atomic mass is 10.0. The first kappa shape index (κ1) is 27.2. The van der Waals surface area contributed by atoms with Crippen molar-refractivity contribution in [1.29, 1.82) is 5.41 Å². The number of anilines is 2. The molecule has 1 aliphatic rings. The molecule has 2 aromatic carbocycles. The van der Waals surface area contributed by atoms with E-state index < -0.39 is 0 Å². The fourth-order valence-corrected chi connectivity index (χ4v) is 4.74. The Morgan fingerprint density at radius 3 is 2.39 bits per heavy atom. The van der Waals surface area contributed by atoms with Crippen LogP contribution in [-0.4, -0.2) is 36.5 Å². The Bertz CT molecular complexity index is 1130. The molecule has 0 saturated carbocycles. The first-order valence-electron chi connectivity index (χ1n) is 13.3. The van der Waals surface area contributed by atoms with Crippen molar-refractivity contribution in [1.82, 2.24) is 4.90 Å². The summed E-state index contributed by atoms with van der Waals surface area (Å²) in [5.41, 5.74) is 9.87. The minimum atomic E-state index is 0.716. The number of benzene rings is 2. The summed E-state index contributed by atoms with van der Waals surface area (Å²) in [6.45, 7) is 19.7. The van der Waals surface area contributed by atoms with Gasteiger partial charge in [0.1, 0.15) is 0 Å². The van der Waals surface area contributed by atoms with E-state index in [-0.39, 0.29) is 0 Å². The van der Waals surface area contributed by atoms with Gasteiger partial charge in [-0.3, -0.25) is 0 Å². The van der Waals surface area contributed by atoms with Crippen LogP contribution in [0.1, 0.15) is 56.7 Å². The minimum Gasteiger partial charge on any atom is -0.375 e. The van der Waals surface area contributed by atoms with Crippen LogP contribution in [0, 0.1) is 12.3 Å². The molecule has 2 aromatic rings. The number of likely N-dealkylation sites (tertiary alicyclic amines) is 1. The molecule has 1 aliphatic heterocycles. The Morgan fingerprint density at radius 2 is 1.83 bits per heavy atom. The van der Waals surface area contributed by atoms with Gasteiger partial charge in [-0.15, -0.1) is 0 Å². The maximum Gasteiger partial charge on any atom is 0.0715 e. The zero-order valence-electron chi connectivity index (χ0n) is 22.6. The first-order chi connectivity index (χ1) is 17.4.